The van der Waals surface area contributed by atoms with Crippen molar-refractivity contribution in [1.82, 2.24) is 9.80 Å². The second-order valence-corrected chi connectivity index (χ2v) is 4.78. The van der Waals surface area contributed by atoms with Gasteiger partial charge < -0.3 is 24.4 Å². The van der Waals surface area contributed by atoms with Gasteiger partial charge in [0.05, 0.1) is 26.9 Å². The van der Waals surface area contributed by atoms with Gasteiger partial charge in [0, 0.05) is 20.1 Å². The molecule has 1 heterocycles. The number of carbonyl (C=O) groups excluding carboxylic acids is 1. The van der Waals surface area contributed by atoms with Crippen LogP contribution < -0.4 is 9.47 Å². The summed E-state index contributed by atoms with van der Waals surface area (Å²) in [6, 6.07) is 5.20. The van der Waals surface area contributed by atoms with Crippen molar-refractivity contribution < 1.29 is 19.4 Å². The van der Waals surface area contributed by atoms with Gasteiger partial charge in [-0.3, -0.25) is 0 Å². The van der Waals surface area contributed by atoms with Crippen LogP contribution in [-0.4, -0.2) is 61.8 Å². The van der Waals surface area contributed by atoms with E-state index in [0.717, 1.165) is 0 Å². The van der Waals surface area contributed by atoms with E-state index in [1.807, 2.05) is 0 Å². The highest BCUT2D eigenvalue weighted by atomic mass is 16.5. The Morgan fingerprint density at radius 1 is 1.25 bits per heavy atom. The molecular formula is C14H20N2O4. The molecule has 1 aliphatic rings. The minimum absolute atomic E-state index is 0.0514. The van der Waals surface area contributed by atoms with Crippen molar-refractivity contribution in [3.8, 4) is 11.5 Å². The first-order valence-electron chi connectivity index (χ1n) is 6.47. The van der Waals surface area contributed by atoms with Crippen molar-refractivity contribution >= 4 is 6.03 Å². The number of hydrogen-bond donors (Lipinski definition) is 1. The molecule has 0 spiro atoms. The van der Waals surface area contributed by atoms with Gasteiger partial charge in [-0.1, -0.05) is 6.07 Å². The molecule has 110 valence electrons. The van der Waals surface area contributed by atoms with E-state index in [0.29, 0.717) is 30.2 Å². The maximum Gasteiger partial charge on any atom is 0.319 e. The predicted octanol–water partition coefficient (Wildman–Crippen LogP) is 1.10. The van der Waals surface area contributed by atoms with Gasteiger partial charge in [0.1, 0.15) is 0 Å². The van der Waals surface area contributed by atoms with E-state index < -0.39 is 6.10 Å². The van der Waals surface area contributed by atoms with E-state index in [2.05, 4.69) is 0 Å². The number of nitrogens with zero attached hydrogens (tertiary/aromatic N) is 2. The molecule has 0 aliphatic carbocycles. The number of aliphatic hydroxyl groups is 1. The van der Waals surface area contributed by atoms with Gasteiger partial charge in [-0.25, -0.2) is 4.79 Å². The monoisotopic (exact) mass is 280 g/mol. The average molecular weight is 280 g/mol. The molecule has 1 N–H and O–H groups in total. The first-order chi connectivity index (χ1) is 9.56. The molecular weight excluding hydrogens is 260 g/mol. The van der Waals surface area contributed by atoms with E-state index in [1.165, 1.54) is 0 Å². The molecule has 20 heavy (non-hydrogen) atoms. The second-order valence-electron chi connectivity index (χ2n) is 4.78. The predicted molar refractivity (Wildman–Crippen MR) is 74.1 cm³/mol. The fourth-order valence-corrected chi connectivity index (χ4v) is 2.25. The number of benzene rings is 1. The molecule has 0 saturated carbocycles. The minimum Gasteiger partial charge on any atom is -0.493 e. The lowest BCUT2D eigenvalue weighted by Gasteiger charge is -2.20. The minimum atomic E-state index is -0.745. The molecule has 6 nitrogen and oxygen atoms in total. The summed E-state index contributed by atoms with van der Waals surface area (Å²) in [7, 11) is 4.87. The topological polar surface area (TPSA) is 62.2 Å². The van der Waals surface area contributed by atoms with E-state index in [1.54, 1.807) is 49.3 Å². The Morgan fingerprint density at radius 2 is 1.95 bits per heavy atom. The van der Waals surface area contributed by atoms with Gasteiger partial charge in [-0.2, -0.15) is 0 Å². The zero-order chi connectivity index (χ0) is 14.7. The van der Waals surface area contributed by atoms with Gasteiger partial charge in [-0.15, -0.1) is 0 Å². The third-order valence-electron chi connectivity index (χ3n) is 3.49. The van der Waals surface area contributed by atoms with Crippen molar-refractivity contribution in [3.63, 3.8) is 0 Å². The highest BCUT2D eigenvalue weighted by Crippen LogP contribution is 2.30. The number of ether oxygens (including phenoxy) is 2. The average Bonchev–Trinajstić information content (AvgIpc) is 2.78. The number of rotatable bonds is 5. The highest BCUT2D eigenvalue weighted by Gasteiger charge is 2.27. The Hall–Kier alpha value is -1.95. The lowest BCUT2D eigenvalue weighted by molar-refractivity contribution is 0.129. The SMILES string of the molecule is COc1ccc(C(O)CN2CCN(C)C2=O)cc1OC. The zero-order valence-corrected chi connectivity index (χ0v) is 12.0. The van der Waals surface area contributed by atoms with Crippen LogP contribution in [0.3, 0.4) is 0 Å². The molecule has 0 bridgehead atoms. The highest BCUT2D eigenvalue weighted by molar-refractivity contribution is 5.76. The Kier molecular flexibility index (Phi) is 4.34. The number of urea groups is 1. The maximum atomic E-state index is 11.8. The number of hydrogen-bond acceptors (Lipinski definition) is 4. The number of amides is 2. The van der Waals surface area contributed by atoms with E-state index in [9.17, 15) is 9.90 Å². The fraction of sp³-hybridized carbons (Fsp3) is 0.500. The van der Waals surface area contributed by atoms with Gasteiger partial charge in [-0.05, 0) is 17.7 Å². The molecule has 6 heteroatoms. The molecule has 1 aromatic rings. The number of likely N-dealkylation sites (N-methyl/N-ethyl adjacent to an activating group) is 1. The standard InChI is InChI=1S/C14H20N2O4/c1-15-6-7-16(14(15)18)9-11(17)10-4-5-12(19-2)13(8-10)20-3/h4-5,8,11,17H,6-7,9H2,1-3H3. The summed E-state index contributed by atoms with van der Waals surface area (Å²) in [5.41, 5.74) is 0.699. The maximum absolute atomic E-state index is 11.8. The van der Waals surface area contributed by atoms with Crippen LogP contribution in [0.4, 0.5) is 4.79 Å². The van der Waals surface area contributed by atoms with Crippen molar-refractivity contribution in [1.29, 1.82) is 0 Å². The van der Waals surface area contributed by atoms with Crippen LogP contribution >= 0.6 is 0 Å². The van der Waals surface area contributed by atoms with Crippen molar-refractivity contribution in [2.45, 2.75) is 6.10 Å². The molecule has 0 aromatic heterocycles. The lowest BCUT2D eigenvalue weighted by atomic mass is 10.1. The molecule has 1 unspecified atom stereocenters. The number of aliphatic hydroxyl groups excluding tert-OH is 1. The summed E-state index contributed by atoms with van der Waals surface area (Å²) in [5, 5.41) is 10.3. The first-order valence-corrected chi connectivity index (χ1v) is 6.47. The van der Waals surface area contributed by atoms with Crippen molar-refractivity contribution in [3.05, 3.63) is 23.8 Å². The van der Waals surface area contributed by atoms with Gasteiger partial charge in [0.15, 0.2) is 11.5 Å². The molecule has 2 amide bonds. The molecule has 1 aliphatic heterocycles. The lowest BCUT2D eigenvalue weighted by Crippen LogP contribution is -2.32. The molecule has 1 atom stereocenters. The van der Waals surface area contributed by atoms with Crippen LogP contribution in [0.15, 0.2) is 18.2 Å². The Morgan fingerprint density at radius 3 is 2.50 bits per heavy atom. The van der Waals surface area contributed by atoms with Crippen LogP contribution in [-0.2, 0) is 0 Å². The fourth-order valence-electron chi connectivity index (χ4n) is 2.25. The summed E-state index contributed by atoms with van der Waals surface area (Å²) < 4.78 is 10.4. The van der Waals surface area contributed by atoms with Crippen LogP contribution in [0.2, 0.25) is 0 Å². The smallest absolute Gasteiger partial charge is 0.319 e. The summed E-state index contributed by atoms with van der Waals surface area (Å²) in [6.45, 7) is 1.61. The van der Waals surface area contributed by atoms with Gasteiger partial charge >= 0.3 is 6.03 Å². The number of carbonyl (C=O) groups is 1. The first kappa shape index (κ1) is 14.5. The Bertz CT molecular complexity index is 492. The van der Waals surface area contributed by atoms with E-state index >= 15 is 0 Å². The third kappa shape index (κ3) is 2.80. The number of β-amino-alcohol motifs (C(OH)–C–C–N with tert-alkyl or cyclic N) is 1. The van der Waals surface area contributed by atoms with Gasteiger partial charge in [0.2, 0.25) is 0 Å². The van der Waals surface area contributed by atoms with Crippen molar-refractivity contribution in [2.24, 2.45) is 0 Å². The van der Waals surface area contributed by atoms with Crippen molar-refractivity contribution in [2.75, 3.05) is 40.9 Å². The summed E-state index contributed by atoms with van der Waals surface area (Å²) in [4.78, 5) is 15.1. The summed E-state index contributed by atoms with van der Waals surface area (Å²) in [6.07, 6.45) is -0.745. The van der Waals surface area contributed by atoms with Gasteiger partial charge in [0.25, 0.3) is 0 Å². The molecule has 0 radical (unpaired) electrons. The molecule has 2 rings (SSSR count). The molecule has 1 aromatic carbocycles. The second kappa shape index (κ2) is 6.00. The number of methoxy groups -OCH3 is 2. The largest absolute Gasteiger partial charge is 0.493 e. The third-order valence-corrected chi connectivity index (χ3v) is 3.49. The normalized spacial score (nSPS) is 16.5. The molecule has 1 fully saturated rings. The van der Waals surface area contributed by atoms with Crippen LogP contribution in [0.5, 0.6) is 11.5 Å². The zero-order valence-electron chi connectivity index (χ0n) is 12.0. The van der Waals surface area contributed by atoms with Crippen LogP contribution in [0.1, 0.15) is 11.7 Å². The van der Waals surface area contributed by atoms with E-state index in [-0.39, 0.29) is 12.6 Å². The summed E-state index contributed by atoms with van der Waals surface area (Å²) >= 11 is 0. The van der Waals surface area contributed by atoms with Crippen LogP contribution in [0.25, 0.3) is 0 Å². The Balaban J connectivity index is 2.09. The summed E-state index contributed by atoms with van der Waals surface area (Å²) in [5.74, 6) is 1.18. The Labute approximate surface area is 118 Å². The van der Waals surface area contributed by atoms with E-state index in [4.69, 9.17) is 9.47 Å². The quantitative estimate of drug-likeness (QED) is 0.877. The molecule has 1 saturated heterocycles. The van der Waals surface area contributed by atoms with Crippen LogP contribution in [0, 0.1) is 0 Å².